The van der Waals surface area contributed by atoms with Crippen LogP contribution < -0.4 is 19.5 Å². The molecule has 0 radical (unpaired) electrons. The van der Waals surface area contributed by atoms with Crippen LogP contribution in [0.4, 0.5) is 5.69 Å². The van der Waals surface area contributed by atoms with Gasteiger partial charge < -0.3 is 24.3 Å². The van der Waals surface area contributed by atoms with E-state index in [4.69, 9.17) is 18.9 Å². The van der Waals surface area contributed by atoms with Gasteiger partial charge in [0.25, 0.3) is 0 Å². The monoisotopic (exact) mass is 426 g/mol. The Morgan fingerprint density at radius 2 is 1.90 bits per heavy atom. The highest BCUT2D eigenvalue weighted by Crippen LogP contribution is 2.45. The number of cyclic esters (lactones) is 1. The summed E-state index contributed by atoms with van der Waals surface area (Å²) in [4.78, 5) is 39.7. The molecule has 2 amide bonds. The molecule has 9 heteroatoms. The van der Waals surface area contributed by atoms with E-state index in [2.05, 4.69) is 5.32 Å². The minimum atomic E-state index is -1.02. The van der Waals surface area contributed by atoms with E-state index in [1.54, 1.807) is 36.4 Å². The number of methoxy groups -OCH3 is 3. The van der Waals surface area contributed by atoms with E-state index in [9.17, 15) is 14.4 Å². The molecule has 2 atom stereocenters. The number of carbonyl (C=O) groups is 3. The first-order chi connectivity index (χ1) is 15.0. The fourth-order valence-electron chi connectivity index (χ4n) is 3.97. The fraction of sp³-hybridized carbons (Fsp3) is 0.318. The molecule has 0 saturated carbocycles. The van der Waals surface area contributed by atoms with E-state index in [0.29, 0.717) is 29.2 Å². The lowest BCUT2D eigenvalue weighted by molar-refractivity contribution is -0.144. The summed E-state index contributed by atoms with van der Waals surface area (Å²) in [5, 5.41) is 2.81. The van der Waals surface area contributed by atoms with Crippen molar-refractivity contribution in [1.82, 2.24) is 4.90 Å². The van der Waals surface area contributed by atoms with Gasteiger partial charge in [0.15, 0.2) is 11.5 Å². The third kappa shape index (κ3) is 3.52. The summed E-state index contributed by atoms with van der Waals surface area (Å²) in [6, 6.07) is 9.41. The minimum absolute atomic E-state index is 0.173. The number of ether oxygens (including phenoxy) is 4. The second-order valence-corrected chi connectivity index (χ2v) is 7.10. The lowest BCUT2D eigenvalue weighted by atomic mass is 10.1. The van der Waals surface area contributed by atoms with Gasteiger partial charge in [-0.25, -0.2) is 4.79 Å². The maximum absolute atomic E-state index is 13.0. The summed E-state index contributed by atoms with van der Waals surface area (Å²) >= 11 is 0. The zero-order chi connectivity index (χ0) is 22.1. The Morgan fingerprint density at radius 3 is 2.61 bits per heavy atom. The minimum Gasteiger partial charge on any atom is -0.497 e. The van der Waals surface area contributed by atoms with Gasteiger partial charge >= 0.3 is 5.97 Å². The highest BCUT2D eigenvalue weighted by Gasteiger charge is 2.47. The number of benzene rings is 2. The van der Waals surface area contributed by atoms with Gasteiger partial charge in [-0.15, -0.1) is 0 Å². The normalized spacial score (nSPS) is 19.6. The van der Waals surface area contributed by atoms with Crippen LogP contribution in [0.2, 0.25) is 0 Å². The Hall–Kier alpha value is -3.75. The molecule has 0 spiro atoms. The quantitative estimate of drug-likeness (QED) is 0.708. The number of rotatable bonds is 6. The largest absolute Gasteiger partial charge is 0.497 e. The van der Waals surface area contributed by atoms with Gasteiger partial charge in [-0.05, 0) is 30.7 Å². The number of carbonyl (C=O) groups excluding carboxylic acids is 3. The van der Waals surface area contributed by atoms with Crippen molar-refractivity contribution in [1.29, 1.82) is 0 Å². The average molecular weight is 426 g/mol. The van der Waals surface area contributed by atoms with Crippen molar-refractivity contribution in [3.8, 4) is 17.2 Å². The molecule has 0 bridgehead atoms. The Morgan fingerprint density at radius 1 is 1.10 bits per heavy atom. The molecule has 0 aromatic heterocycles. The average Bonchev–Trinajstić information content (AvgIpc) is 3.32. The molecule has 2 aromatic rings. The van der Waals surface area contributed by atoms with Crippen molar-refractivity contribution in [2.75, 3.05) is 26.6 Å². The topological polar surface area (TPSA) is 103 Å². The zero-order valence-corrected chi connectivity index (χ0v) is 17.3. The van der Waals surface area contributed by atoms with Crippen molar-refractivity contribution in [2.45, 2.75) is 25.1 Å². The molecule has 31 heavy (non-hydrogen) atoms. The first-order valence-corrected chi connectivity index (χ1v) is 9.70. The Kier molecular flexibility index (Phi) is 5.41. The molecule has 2 aliphatic heterocycles. The Bertz CT molecular complexity index is 1050. The van der Waals surface area contributed by atoms with E-state index in [0.717, 1.165) is 0 Å². The van der Waals surface area contributed by atoms with E-state index >= 15 is 0 Å². The lowest BCUT2D eigenvalue weighted by Gasteiger charge is -2.29. The molecular weight excluding hydrogens is 404 g/mol. The maximum Gasteiger partial charge on any atom is 0.344 e. The fourth-order valence-corrected chi connectivity index (χ4v) is 3.97. The maximum atomic E-state index is 13.0. The number of hydrogen-bond acceptors (Lipinski definition) is 7. The predicted octanol–water partition coefficient (Wildman–Crippen LogP) is 2.51. The number of nitrogens with one attached hydrogen (secondary N) is 1. The summed E-state index contributed by atoms with van der Waals surface area (Å²) in [7, 11) is 4.42. The number of anilines is 1. The summed E-state index contributed by atoms with van der Waals surface area (Å²) in [5.41, 5.74) is 1.19. The zero-order valence-electron chi connectivity index (χ0n) is 17.3. The van der Waals surface area contributed by atoms with Crippen LogP contribution in [0.25, 0.3) is 0 Å². The molecule has 0 aliphatic carbocycles. The van der Waals surface area contributed by atoms with Gasteiger partial charge in [0.2, 0.25) is 18.0 Å². The van der Waals surface area contributed by atoms with Gasteiger partial charge in [0, 0.05) is 23.7 Å². The predicted molar refractivity (Wildman–Crippen MR) is 109 cm³/mol. The van der Waals surface area contributed by atoms with Gasteiger partial charge in [-0.1, -0.05) is 6.07 Å². The molecule has 162 valence electrons. The standard InChI is InChI=1S/C22H22N2O7/c1-28-13-6-4-5-12(11-13)23-20(26)15-8-10-17(25)24(15)21-14-7-9-16(29-2)19(30-3)18(14)22(27)31-21/h4-7,9,11,15,21H,8,10H2,1-3H3,(H,23,26)/t15-,21-/m1/s1. The van der Waals surface area contributed by atoms with Gasteiger partial charge in [0.05, 0.1) is 21.3 Å². The van der Waals surface area contributed by atoms with Gasteiger partial charge in [-0.3, -0.25) is 14.5 Å². The highest BCUT2D eigenvalue weighted by atomic mass is 16.6. The van der Waals surface area contributed by atoms with Gasteiger partial charge in [0.1, 0.15) is 17.4 Å². The first kappa shape index (κ1) is 20.5. The number of likely N-dealkylation sites (tertiary alicyclic amines) is 1. The number of fused-ring (bicyclic) bond motifs is 1. The molecular formula is C22H22N2O7. The third-order valence-corrected chi connectivity index (χ3v) is 5.41. The molecule has 2 aliphatic rings. The number of hydrogen-bond donors (Lipinski definition) is 1. The summed E-state index contributed by atoms with van der Waals surface area (Å²) in [6.07, 6.45) is -0.531. The Balaban J connectivity index is 1.64. The highest BCUT2D eigenvalue weighted by molar-refractivity contribution is 6.01. The molecule has 4 rings (SSSR count). The summed E-state index contributed by atoms with van der Waals surface area (Å²) < 4.78 is 21.3. The van der Waals surface area contributed by atoms with Crippen LogP contribution in [0, 0.1) is 0 Å². The van der Waals surface area contributed by atoms with Crippen LogP contribution in [-0.2, 0) is 14.3 Å². The van der Waals surface area contributed by atoms with E-state index in [1.807, 2.05) is 0 Å². The molecule has 0 unspecified atom stereocenters. The smallest absolute Gasteiger partial charge is 0.344 e. The summed E-state index contributed by atoms with van der Waals surface area (Å²) in [5.74, 6) is -0.0787. The molecule has 2 aromatic carbocycles. The van der Waals surface area contributed by atoms with Crippen molar-refractivity contribution in [3.05, 3.63) is 47.5 Å². The number of esters is 1. The van der Waals surface area contributed by atoms with Crippen LogP contribution >= 0.6 is 0 Å². The SMILES string of the molecule is COc1cccc(NC(=O)[C@H]2CCC(=O)N2[C@@H]2OC(=O)c3c2ccc(OC)c3OC)c1. The molecule has 1 N–H and O–H groups in total. The van der Waals surface area contributed by atoms with Crippen LogP contribution in [0.15, 0.2) is 36.4 Å². The number of amides is 2. The second kappa shape index (κ2) is 8.17. The molecule has 1 saturated heterocycles. The van der Waals surface area contributed by atoms with E-state index in [-0.39, 0.29) is 29.5 Å². The van der Waals surface area contributed by atoms with Crippen LogP contribution in [0.5, 0.6) is 17.2 Å². The third-order valence-electron chi connectivity index (χ3n) is 5.41. The first-order valence-electron chi connectivity index (χ1n) is 9.70. The van der Waals surface area contributed by atoms with Crippen molar-refractivity contribution in [3.63, 3.8) is 0 Å². The van der Waals surface area contributed by atoms with Crippen molar-refractivity contribution < 1.29 is 33.3 Å². The summed E-state index contributed by atoms with van der Waals surface area (Å²) in [6.45, 7) is 0. The molecule has 1 fully saturated rings. The van der Waals surface area contributed by atoms with Crippen molar-refractivity contribution in [2.24, 2.45) is 0 Å². The van der Waals surface area contributed by atoms with Crippen LogP contribution in [0.1, 0.15) is 35.0 Å². The van der Waals surface area contributed by atoms with Crippen molar-refractivity contribution >= 4 is 23.5 Å². The van der Waals surface area contributed by atoms with E-state index < -0.39 is 18.2 Å². The number of nitrogens with zero attached hydrogens (tertiary/aromatic N) is 1. The van der Waals surface area contributed by atoms with Crippen LogP contribution in [-0.4, -0.2) is 50.1 Å². The van der Waals surface area contributed by atoms with Gasteiger partial charge in [-0.2, -0.15) is 0 Å². The molecule has 9 nitrogen and oxygen atoms in total. The molecule has 2 heterocycles. The van der Waals surface area contributed by atoms with E-state index in [1.165, 1.54) is 26.2 Å². The second-order valence-electron chi connectivity index (χ2n) is 7.10. The Labute approximate surface area is 178 Å². The lowest BCUT2D eigenvalue weighted by Crippen LogP contribution is -2.43. The van der Waals surface area contributed by atoms with Crippen LogP contribution in [0.3, 0.4) is 0 Å².